The van der Waals surface area contributed by atoms with E-state index in [0.717, 1.165) is 42.0 Å². The van der Waals surface area contributed by atoms with Gasteiger partial charge in [-0.05, 0) is 67.2 Å². The van der Waals surface area contributed by atoms with Gasteiger partial charge in [0.15, 0.2) is 0 Å². The van der Waals surface area contributed by atoms with Gasteiger partial charge in [-0.2, -0.15) is 4.99 Å². The summed E-state index contributed by atoms with van der Waals surface area (Å²) in [6, 6.07) is 15.4. The van der Waals surface area contributed by atoms with Gasteiger partial charge in [0.25, 0.3) is 0 Å². The summed E-state index contributed by atoms with van der Waals surface area (Å²) >= 11 is 4.57. The van der Waals surface area contributed by atoms with E-state index in [0.29, 0.717) is 0 Å². The van der Waals surface area contributed by atoms with Gasteiger partial charge >= 0.3 is 0 Å². The Morgan fingerprint density at radius 1 is 0.955 bits per heavy atom. The molecular weight excluding hydrogens is 290 g/mol. The quantitative estimate of drug-likeness (QED) is 0.335. The summed E-state index contributed by atoms with van der Waals surface area (Å²) in [5.41, 5.74) is 2.68. The van der Waals surface area contributed by atoms with Crippen LogP contribution in [0.4, 0.5) is 5.69 Å². The van der Waals surface area contributed by atoms with E-state index in [4.69, 9.17) is 4.74 Å². The maximum Gasteiger partial charge on any atom is 0.119 e. The van der Waals surface area contributed by atoms with Crippen LogP contribution in [-0.4, -0.2) is 11.8 Å². The van der Waals surface area contributed by atoms with E-state index in [9.17, 15) is 0 Å². The number of aliphatic imine (C=N–C) groups is 1. The Balaban J connectivity index is 2.00. The monoisotopic (exact) mass is 307 g/mol. The molecule has 0 saturated heterocycles. The van der Waals surface area contributed by atoms with Crippen molar-refractivity contribution in [2.75, 3.05) is 6.61 Å². The first kappa shape index (κ1) is 16.0. The second-order valence-electron chi connectivity index (χ2n) is 4.73. The molecule has 0 amide bonds. The molecule has 0 aliphatic rings. The van der Waals surface area contributed by atoms with Crippen LogP contribution in [0, 0.1) is 11.8 Å². The van der Waals surface area contributed by atoms with E-state index in [1.807, 2.05) is 48.5 Å². The van der Waals surface area contributed by atoms with Gasteiger partial charge in [-0.25, -0.2) is 0 Å². The lowest BCUT2D eigenvalue weighted by Crippen LogP contribution is -1.95. The van der Waals surface area contributed by atoms with E-state index < -0.39 is 0 Å². The highest BCUT2D eigenvalue weighted by Gasteiger charge is 1.94. The second kappa shape index (κ2) is 8.79. The molecule has 0 bridgehead atoms. The maximum atomic E-state index is 5.63. The number of ether oxygens (including phenoxy) is 1. The smallest absolute Gasteiger partial charge is 0.119 e. The summed E-state index contributed by atoms with van der Waals surface area (Å²) < 4.78 is 5.63. The predicted molar refractivity (Wildman–Crippen MR) is 94.0 cm³/mol. The highest BCUT2D eigenvalue weighted by Crippen LogP contribution is 2.13. The molecule has 3 heteroatoms. The van der Waals surface area contributed by atoms with Crippen LogP contribution in [0.5, 0.6) is 5.75 Å². The normalized spacial score (nSPS) is 9.32. The number of thiocarbonyl (C=S) groups is 1. The molecule has 0 saturated carbocycles. The van der Waals surface area contributed by atoms with Crippen LogP contribution in [0.25, 0.3) is 0 Å². The number of benzene rings is 2. The van der Waals surface area contributed by atoms with Crippen molar-refractivity contribution in [3.05, 3.63) is 59.7 Å². The lowest BCUT2D eigenvalue weighted by molar-refractivity contribution is 0.309. The van der Waals surface area contributed by atoms with Crippen LogP contribution in [-0.2, 0) is 0 Å². The number of hydrogen-bond donors (Lipinski definition) is 0. The summed E-state index contributed by atoms with van der Waals surface area (Å²) in [5, 5.41) is 2.35. The first-order valence-corrected chi connectivity index (χ1v) is 7.65. The summed E-state index contributed by atoms with van der Waals surface area (Å²) in [4.78, 5) is 3.91. The first-order valence-electron chi connectivity index (χ1n) is 7.24. The minimum absolute atomic E-state index is 0.762. The lowest BCUT2D eigenvalue weighted by Gasteiger charge is -2.04. The molecule has 0 heterocycles. The summed E-state index contributed by atoms with van der Waals surface area (Å²) in [5.74, 6) is 7.15. The van der Waals surface area contributed by atoms with Gasteiger partial charge in [0, 0.05) is 11.1 Å². The average Bonchev–Trinajstić information content (AvgIpc) is 2.56. The summed E-state index contributed by atoms with van der Waals surface area (Å²) in [6.07, 6.45) is 2.21. The molecule has 0 atom stereocenters. The van der Waals surface area contributed by atoms with Crippen LogP contribution in [0.3, 0.4) is 0 Å². The molecule has 2 nitrogen and oxygen atoms in total. The number of isothiocyanates is 1. The Bertz CT molecular complexity index is 702. The predicted octanol–water partition coefficient (Wildman–Crippen LogP) is 5.00. The number of hydrogen-bond acceptors (Lipinski definition) is 3. The average molecular weight is 307 g/mol. The SMILES string of the molecule is CCCCOc1ccc(C#Cc2ccc(N=C=S)cc2)cc1. The fourth-order valence-corrected chi connectivity index (χ4v) is 1.89. The van der Waals surface area contributed by atoms with Crippen molar-refractivity contribution in [3.8, 4) is 17.6 Å². The lowest BCUT2D eigenvalue weighted by atomic mass is 10.1. The van der Waals surface area contributed by atoms with Crippen molar-refractivity contribution in [2.45, 2.75) is 19.8 Å². The van der Waals surface area contributed by atoms with Crippen molar-refractivity contribution in [2.24, 2.45) is 4.99 Å². The van der Waals surface area contributed by atoms with Crippen molar-refractivity contribution in [1.82, 2.24) is 0 Å². The highest BCUT2D eigenvalue weighted by molar-refractivity contribution is 7.78. The van der Waals surface area contributed by atoms with Crippen LogP contribution >= 0.6 is 12.2 Å². The molecule has 110 valence electrons. The zero-order valence-corrected chi connectivity index (χ0v) is 13.3. The van der Waals surface area contributed by atoms with Gasteiger partial charge in [0.2, 0.25) is 0 Å². The van der Waals surface area contributed by atoms with Crippen molar-refractivity contribution >= 4 is 23.1 Å². The largest absolute Gasteiger partial charge is 0.494 e. The summed E-state index contributed by atoms with van der Waals surface area (Å²) in [7, 11) is 0. The Morgan fingerprint density at radius 2 is 1.55 bits per heavy atom. The van der Waals surface area contributed by atoms with Gasteiger partial charge in [-0.3, -0.25) is 0 Å². The molecular formula is C19H17NOS. The third kappa shape index (κ3) is 5.18. The zero-order chi connectivity index (χ0) is 15.6. The zero-order valence-electron chi connectivity index (χ0n) is 12.5. The molecule has 2 aromatic carbocycles. The van der Waals surface area contributed by atoms with Gasteiger partial charge in [0.05, 0.1) is 17.5 Å². The van der Waals surface area contributed by atoms with Gasteiger partial charge in [-0.1, -0.05) is 25.2 Å². The molecule has 0 aliphatic heterocycles. The topological polar surface area (TPSA) is 21.6 Å². The highest BCUT2D eigenvalue weighted by atomic mass is 32.1. The van der Waals surface area contributed by atoms with E-state index >= 15 is 0 Å². The van der Waals surface area contributed by atoms with Gasteiger partial charge in [-0.15, -0.1) is 0 Å². The van der Waals surface area contributed by atoms with Crippen LogP contribution in [0.15, 0.2) is 53.5 Å². The van der Waals surface area contributed by atoms with E-state index in [-0.39, 0.29) is 0 Å². The number of unbranched alkanes of at least 4 members (excludes halogenated alkanes) is 1. The Labute approximate surface area is 136 Å². The number of rotatable bonds is 5. The molecule has 0 fully saturated rings. The molecule has 2 aromatic rings. The fraction of sp³-hybridized carbons (Fsp3) is 0.211. The molecule has 0 radical (unpaired) electrons. The molecule has 0 aromatic heterocycles. The van der Waals surface area contributed by atoms with E-state index in [1.165, 1.54) is 0 Å². The van der Waals surface area contributed by atoms with Crippen LogP contribution in [0.2, 0.25) is 0 Å². The number of nitrogens with zero attached hydrogens (tertiary/aromatic N) is 1. The molecule has 0 unspecified atom stereocenters. The minimum atomic E-state index is 0.762. The van der Waals surface area contributed by atoms with E-state index in [2.05, 4.69) is 41.1 Å². The molecule has 22 heavy (non-hydrogen) atoms. The Kier molecular flexibility index (Phi) is 6.39. The third-order valence-corrected chi connectivity index (χ3v) is 3.11. The maximum absolute atomic E-state index is 5.63. The second-order valence-corrected chi connectivity index (χ2v) is 4.91. The molecule has 0 spiro atoms. The molecule has 2 rings (SSSR count). The third-order valence-electron chi connectivity index (χ3n) is 3.01. The molecule has 0 N–H and O–H groups in total. The standard InChI is InChI=1S/C19H17NOS/c1-2-3-14-21-19-12-8-17(9-13-19)5-4-16-6-10-18(11-7-16)20-15-22/h6-13H,2-3,14H2,1H3. The van der Waals surface area contributed by atoms with Crippen molar-refractivity contribution in [1.29, 1.82) is 0 Å². The first-order chi connectivity index (χ1) is 10.8. The van der Waals surface area contributed by atoms with Crippen molar-refractivity contribution in [3.63, 3.8) is 0 Å². The fourth-order valence-electron chi connectivity index (χ4n) is 1.79. The Morgan fingerprint density at radius 3 is 2.09 bits per heavy atom. The Hall–Kier alpha value is -2.40. The van der Waals surface area contributed by atoms with Crippen LogP contribution in [0.1, 0.15) is 30.9 Å². The van der Waals surface area contributed by atoms with Gasteiger partial charge in [0.1, 0.15) is 5.75 Å². The summed E-state index contributed by atoms with van der Waals surface area (Å²) in [6.45, 7) is 2.91. The van der Waals surface area contributed by atoms with Crippen molar-refractivity contribution < 1.29 is 4.74 Å². The minimum Gasteiger partial charge on any atom is -0.494 e. The van der Waals surface area contributed by atoms with Gasteiger partial charge < -0.3 is 4.74 Å². The van der Waals surface area contributed by atoms with E-state index in [1.54, 1.807) is 0 Å². The van der Waals surface area contributed by atoms with Crippen LogP contribution < -0.4 is 4.74 Å². The molecule has 0 aliphatic carbocycles.